The number of halogens is 2. The first-order valence-corrected chi connectivity index (χ1v) is 13.6. The second-order valence-corrected chi connectivity index (χ2v) is 11.0. The second-order valence-electron chi connectivity index (χ2n) is 8.97. The normalized spacial score (nSPS) is 17.6. The number of fused-ring (bicyclic) bond motifs is 1. The molecule has 2 aliphatic rings. The molecule has 2 fully saturated rings. The van der Waals surface area contributed by atoms with Crippen LogP contribution in [0, 0.1) is 18.6 Å². The Morgan fingerprint density at radius 3 is 2.39 bits per heavy atom. The van der Waals surface area contributed by atoms with Gasteiger partial charge in [0.15, 0.2) is 0 Å². The van der Waals surface area contributed by atoms with Gasteiger partial charge in [0.1, 0.15) is 29.1 Å². The average molecular weight is 519 g/mol. The van der Waals surface area contributed by atoms with Gasteiger partial charge in [-0.15, -0.1) is 0 Å². The Hall–Kier alpha value is -3.09. The number of hydrogen-bond acceptors (Lipinski definition) is 8. The zero-order valence-corrected chi connectivity index (χ0v) is 21.0. The van der Waals surface area contributed by atoms with Crippen molar-refractivity contribution >= 4 is 44.1 Å². The fourth-order valence-electron chi connectivity index (χ4n) is 4.68. The Morgan fingerprint density at radius 1 is 0.972 bits per heavy atom. The van der Waals surface area contributed by atoms with E-state index < -0.39 is 21.7 Å². The zero-order valence-electron chi connectivity index (χ0n) is 20.2. The van der Waals surface area contributed by atoms with E-state index in [4.69, 9.17) is 9.72 Å². The highest BCUT2D eigenvalue weighted by molar-refractivity contribution is 7.88. The van der Waals surface area contributed by atoms with Crippen LogP contribution in [-0.2, 0) is 14.8 Å². The third-order valence-corrected chi connectivity index (χ3v) is 7.85. The molecule has 2 aromatic heterocycles. The first-order chi connectivity index (χ1) is 17.2. The highest BCUT2D eigenvalue weighted by Crippen LogP contribution is 2.37. The van der Waals surface area contributed by atoms with Crippen molar-refractivity contribution < 1.29 is 21.9 Å². The molecule has 2 saturated heterocycles. The molecule has 2 aliphatic heterocycles. The van der Waals surface area contributed by atoms with Crippen LogP contribution in [0.5, 0.6) is 0 Å². The maximum Gasteiger partial charge on any atom is 0.211 e. The summed E-state index contributed by atoms with van der Waals surface area (Å²) in [6.07, 6.45) is 1.19. The maximum absolute atomic E-state index is 15.1. The van der Waals surface area contributed by atoms with Crippen LogP contribution < -0.4 is 15.1 Å². The number of rotatable bonds is 5. The van der Waals surface area contributed by atoms with Crippen molar-refractivity contribution in [3.8, 4) is 0 Å². The first-order valence-electron chi connectivity index (χ1n) is 11.8. The van der Waals surface area contributed by atoms with E-state index >= 15 is 4.39 Å². The largest absolute Gasteiger partial charge is 0.378 e. The Bertz CT molecular complexity index is 1390. The summed E-state index contributed by atoms with van der Waals surface area (Å²) in [5, 5.41) is 3.44. The van der Waals surface area contributed by atoms with Gasteiger partial charge in [-0.3, -0.25) is 0 Å². The van der Waals surface area contributed by atoms with Crippen molar-refractivity contribution in [3.05, 3.63) is 47.5 Å². The van der Waals surface area contributed by atoms with Gasteiger partial charge >= 0.3 is 0 Å². The third kappa shape index (κ3) is 4.93. The minimum atomic E-state index is -3.30. The molecule has 36 heavy (non-hydrogen) atoms. The summed E-state index contributed by atoms with van der Waals surface area (Å²) in [7, 11) is -3.30. The Morgan fingerprint density at radius 2 is 1.69 bits per heavy atom. The number of piperazine rings is 1. The molecule has 0 bridgehead atoms. The average Bonchev–Trinajstić information content (AvgIpc) is 2.85. The van der Waals surface area contributed by atoms with Crippen LogP contribution in [0.15, 0.2) is 30.3 Å². The van der Waals surface area contributed by atoms with Crippen molar-refractivity contribution in [3.63, 3.8) is 0 Å². The predicted octanol–water partition coefficient (Wildman–Crippen LogP) is 2.88. The lowest BCUT2D eigenvalue weighted by Gasteiger charge is -2.35. The van der Waals surface area contributed by atoms with Crippen LogP contribution >= 0.6 is 0 Å². The lowest BCUT2D eigenvalue weighted by atomic mass is 10.1. The number of sulfonamides is 1. The molecule has 0 radical (unpaired) electrons. The molecule has 0 spiro atoms. The molecule has 0 saturated carbocycles. The van der Waals surface area contributed by atoms with Gasteiger partial charge in [-0.1, -0.05) is 6.07 Å². The lowest BCUT2D eigenvalue weighted by molar-refractivity contribution is 0.122. The molecule has 4 heterocycles. The second kappa shape index (κ2) is 9.75. The lowest BCUT2D eigenvalue weighted by Crippen LogP contribution is -2.48. The van der Waals surface area contributed by atoms with Crippen molar-refractivity contribution in [2.24, 2.45) is 0 Å². The van der Waals surface area contributed by atoms with Gasteiger partial charge in [0, 0.05) is 57.0 Å². The van der Waals surface area contributed by atoms with Crippen LogP contribution in [0.4, 0.5) is 31.9 Å². The molecule has 192 valence electrons. The number of hydrogen-bond donors (Lipinski definition) is 1. The van der Waals surface area contributed by atoms with Gasteiger partial charge < -0.3 is 19.9 Å². The Kier molecular flexibility index (Phi) is 6.66. The molecule has 0 unspecified atom stereocenters. The number of pyridine rings is 2. The molecule has 9 nitrogen and oxygen atoms in total. The summed E-state index contributed by atoms with van der Waals surface area (Å²) in [5.41, 5.74) is 1.29. The summed E-state index contributed by atoms with van der Waals surface area (Å²) in [4.78, 5) is 13.4. The molecule has 5 rings (SSSR count). The number of nitrogens with one attached hydrogen (secondary N) is 1. The van der Waals surface area contributed by atoms with Gasteiger partial charge in [0.25, 0.3) is 0 Å². The number of nitrogens with zero attached hydrogens (tertiary/aromatic N) is 5. The van der Waals surface area contributed by atoms with Gasteiger partial charge in [-0.05, 0) is 19.1 Å². The summed E-state index contributed by atoms with van der Waals surface area (Å²) >= 11 is 0. The van der Waals surface area contributed by atoms with Crippen molar-refractivity contribution in [1.82, 2.24) is 14.3 Å². The number of anilines is 4. The molecule has 3 aromatic rings. The fraction of sp³-hybridized carbons (Fsp3) is 0.417. The summed E-state index contributed by atoms with van der Waals surface area (Å²) < 4.78 is 59.9. The SMILES string of the molecule is Cc1c(N2CCN(S(C)(=O)=O)CC2)nc2cc(F)cc(F)c2c1Nc1cccc(N2CCOCC2)n1. The third-order valence-electron chi connectivity index (χ3n) is 6.55. The Labute approximate surface area is 208 Å². The molecule has 1 N–H and O–H groups in total. The van der Waals surface area contributed by atoms with Crippen LogP contribution in [0.1, 0.15) is 5.56 Å². The van der Waals surface area contributed by atoms with Crippen molar-refractivity contribution in [1.29, 1.82) is 0 Å². The predicted molar refractivity (Wildman–Crippen MR) is 136 cm³/mol. The summed E-state index contributed by atoms with van der Waals surface area (Å²) in [5.74, 6) is 0.407. The monoisotopic (exact) mass is 518 g/mol. The van der Waals surface area contributed by atoms with E-state index in [9.17, 15) is 12.8 Å². The summed E-state index contributed by atoms with van der Waals surface area (Å²) in [6.45, 7) is 5.96. The number of benzene rings is 1. The molecule has 0 aliphatic carbocycles. The van der Waals surface area contributed by atoms with Gasteiger partial charge in [0.2, 0.25) is 10.0 Å². The van der Waals surface area contributed by atoms with Crippen LogP contribution in [0.25, 0.3) is 10.9 Å². The van der Waals surface area contributed by atoms with Crippen LogP contribution in [0.2, 0.25) is 0 Å². The molecule has 12 heteroatoms. The van der Waals surface area contributed by atoms with E-state index in [-0.39, 0.29) is 10.9 Å². The van der Waals surface area contributed by atoms with E-state index in [0.29, 0.717) is 62.3 Å². The van der Waals surface area contributed by atoms with Gasteiger partial charge in [0.05, 0.1) is 36.1 Å². The smallest absolute Gasteiger partial charge is 0.211 e. The van der Waals surface area contributed by atoms with E-state index in [1.807, 2.05) is 24.0 Å². The minimum Gasteiger partial charge on any atom is -0.378 e. The standard InChI is InChI=1S/C24H28F2N6O3S/c1-16-23(29-20-4-3-5-21(28-20)30-10-12-35-13-11-30)22-18(26)14-17(25)15-19(22)27-24(16)31-6-8-32(9-7-31)36(2,33)34/h3-5,14-15H,6-13H2,1-2H3,(H,27,28,29). The fourth-order valence-corrected chi connectivity index (χ4v) is 5.50. The topological polar surface area (TPSA) is 90.9 Å². The molecular weight excluding hydrogens is 490 g/mol. The first kappa shape index (κ1) is 24.6. The van der Waals surface area contributed by atoms with Crippen LogP contribution in [0.3, 0.4) is 0 Å². The molecule has 0 amide bonds. The van der Waals surface area contributed by atoms with E-state index in [1.54, 1.807) is 6.07 Å². The minimum absolute atomic E-state index is 0.172. The van der Waals surface area contributed by atoms with Crippen molar-refractivity contribution in [2.75, 3.05) is 73.9 Å². The molecule has 0 atom stereocenters. The highest BCUT2D eigenvalue weighted by Gasteiger charge is 2.27. The van der Waals surface area contributed by atoms with E-state index in [1.165, 1.54) is 16.6 Å². The number of ether oxygens (including phenoxy) is 1. The number of aromatic nitrogens is 2. The summed E-state index contributed by atoms with van der Waals surface area (Å²) in [6, 6.07) is 7.63. The van der Waals surface area contributed by atoms with Gasteiger partial charge in [-0.25, -0.2) is 27.2 Å². The molecular formula is C24H28F2N6O3S. The highest BCUT2D eigenvalue weighted by atomic mass is 32.2. The molecule has 1 aromatic carbocycles. The van der Waals surface area contributed by atoms with E-state index in [2.05, 4.69) is 15.2 Å². The van der Waals surface area contributed by atoms with Crippen LogP contribution in [-0.4, -0.2) is 81.4 Å². The quantitative estimate of drug-likeness (QED) is 0.552. The maximum atomic E-state index is 15.1. The number of morpholine rings is 1. The Balaban J connectivity index is 1.54. The van der Waals surface area contributed by atoms with Gasteiger partial charge in [-0.2, -0.15) is 4.31 Å². The van der Waals surface area contributed by atoms with Crippen molar-refractivity contribution in [2.45, 2.75) is 6.92 Å². The zero-order chi connectivity index (χ0) is 25.4. The van der Waals surface area contributed by atoms with E-state index in [0.717, 1.165) is 25.0 Å².